The number of hydrogen-bond donors (Lipinski definition) is 2. The highest BCUT2D eigenvalue weighted by Crippen LogP contribution is 2.12. The number of ether oxygens (including phenoxy) is 1. The molecular formula is C13H17NO4. The molecule has 0 spiro atoms. The molecule has 98 valence electrons. The number of esters is 1. The number of hydrogen-bond acceptors (Lipinski definition) is 4. The average molecular weight is 251 g/mol. The molecule has 18 heavy (non-hydrogen) atoms. The Bertz CT molecular complexity index is 417. The number of benzene rings is 1. The zero-order valence-electron chi connectivity index (χ0n) is 10.3. The van der Waals surface area contributed by atoms with Crippen LogP contribution in [0.3, 0.4) is 0 Å². The van der Waals surface area contributed by atoms with Gasteiger partial charge in [0.15, 0.2) is 0 Å². The number of unbranched alkanes of at least 4 members (excludes halogenated alkanes) is 1. The van der Waals surface area contributed by atoms with Crippen molar-refractivity contribution in [1.82, 2.24) is 0 Å². The van der Waals surface area contributed by atoms with Gasteiger partial charge in [-0.25, -0.2) is 4.79 Å². The summed E-state index contributed by atoms with van der Waals surface area (Å²) in [4.78, 5) is 22.8. The summed E-state index contributed by atoms with van der Waals surface area (Å²) >= 11 is 0. The lowest BCUT2D eigenvalue weighted by molar-refractivity contribution is -0.116. The molecule has 0 atom stereocenters. The van der Waals surface area contributed by atoms with E-state index in [1.54, 1.807) is 24.3 Å². The molecular weight excluding hydrogens is 234 g/mol. The second-order valence-corrected chi connectivity index (χ2v) is 3.80. The van der Waals surface area contributed by atoms with Gasteiger partial charge in [0.25, 0.3) is 0 Å². The number of anilines is 1. The predicted molar refractivity (Wildman–Crippen MR) is 67.3 cm³/mol. The Hall–Kier alpha value is -1.88. The number of aliphatic hydroxyl groups excluding tert-OH is 1. The molecule has 1 amide bonds. The van der Waals surface area contributed by atoms with Crippen molar-refractivity contribution in [1.29, 1.82) is 0 Å². The summed E-state index contributed by atoms with van der Waals surface area (Å²) in [6.45, 7) is 0.0884. The second kappa shape index (κ2) is 7.45. The van der Waals surface area contributed by atoms with Crippen LogP contribution in [-0.2, 0) is 9.53 Å². The summed E-state index contributed by atoms with van der Waals surface area (Å²) in [7, 11) is 1.31. The molecule has 1 aromatic rings. The SMILES string of the molecule is COC(=O)c1cccc(NC(=O)CCCCO)c1. The van der Waals surface area contributed by atoms with Crippen molar-refractivity contribution in [3.05, 3.63) is 29.8 Å². The van der Waals surface area contributed by atoms with Gasteiger partial charge in [0.1, 0.15) is 0 Å². The summed E-state index contributed by atoms with van der Waals surface area (Å²) in [6, 6.07) is 6.56. The van der Waals surface area contributed by atoms with E-state index in [1.807, 2.05) is 0 Å². The van der Waals surface area contributed by atoms with Crippen molar-refractivity contribution in [2.75, 3.05) is 19.0 Å². The van der Waals surface area contributed by atoms with Crippen LogP contribution in [0.15, 0.2) is 24.3 Å². The van der Waals surface area contributed by atoms with Crippen LogP contribution in [0, 0.1) is 0 Å². The van der Waals surface area contributed by atoms with Crippen molar-refractivity contribution in [2.45, 2.75) is 19.3 Å². The third-order valence-corrected chi connectivity index (χ3v) is 2.38. The molecule has 0 bridgehead atoms. The first-order valence-corrected chi connectivity index (χ1v) is 5.76. The van der Waals surface area contributed by atoms with Crippen LogP contribution in [0.4, 0.5) is 5.69 Å². The molecule has 1 rings (SSSR count). The summed E-state index contributed by atoms with van der Waals surface area (Å²) in [5.41, 5.74) is 0.956. The third-order valence-electron chi connectivity index (χ3n) is 2.38. The van der Waals surface area contributed by atoms with E-state index in [4.69, 9.17) is 5.11 Å². The molecule has 5 nitrogen and oxygen atoms in total. The van der Waals surface area contributed by atoms with Crippen LogP contribution >= 0.6 is 0 Å². The third kappa shape index (κ3) is 4.55. The Morgan fingerprint density at radius 3 is 2.78 bits per heavy atom. The standard InChI is InChI=1S/C13H17NO4/c1-18-13(17)10-5-4-6-11(9-10)14-12(16)7-2-3-8-15/h4-6,9,15H,2-3,7-8H2,1H3,(H,14,16). The number of carbonyl (C=O) groups is 2. The van der Waals surface area contributed by atoms with E-state index in [2.05, 4.69) is 10.1 Å². The van der Waals surface area contributed by atoms with Gasteiger partial charge in [-0.15, -0.1) is 0 Å². The topological polar surface area (TPSA) is 75.6 Å². The van der Waals surface area contributed by atoms with Crippen LogP contribution < -0.4 is 5.32 Å². The quantitative estimate of drug-likeness (QED) is 0.594. The zero-order valence-corrected chi connectivity index (χ0v) is 10.3. The first kappa shape index (κ1) is 14.2. The molecule has 0 aliphatic rings. The van der Waals surface area contributed by atoms with Gasteiger partial charge in [-0.05, 0) is 31.0 Å². The van der Waals surface area contributed by atoms with Crippen molar-refractivity contribution >= 4 is 17.6 Å². The Morgan fingerprint density at radius 1 is 1.33 bits per heavy atom. The number of nitrogens with one attached hydrogen (secondary N) is 1. The van der Waals surface area contributed by atoms with E-state index in [0.717, 1.165) is 0 Å². The highest BCUT2D eigenvalue weighted by atomic mass is 16.5. The maximum Gasteiger partial charge on any atom is 0.337 e. The fourth-order valence-corrected chi connectivity index (χ4v) is 1.46. The van der Waals surface area contributed by atoms with E-state index in [-0.39, 0.29) is 12.5 Å². The lowest BCUT2D eigenvalue weighted by atomic mass is 10.2. The van der Waals surface area contributed by atoms with E-state index in [0.29, 0.717) is 30.5 Å². The molecule has 0 fully saturated rings. The van der Waals surface area contributed by atoms with E-state index in [1.165, 1.54) is 7.11 Å². The number of rotatable bonds is 6. The smallest absolute Gasteiger partial charge is 0.337 e. The molecule has 2 N–H and O–H groups in total. The molecule has 0 radical (unpaired) electrons. The van der Waals surface area contributed by atoms with Gasteiger partial charge in [-0.3, -0.25) is 4.79 Å². The van der Waals surface area contributed by atoms with Crippen LogP contribution in [0.2, 0.25) is 0 Å². The predicted octanol–water partition coefficient (Wildman–Crippen LogP) is 1.57. The van der Waals surface area contributed by atoms with E-state index >= 15 is 0 Å². The average Bonchev–Trinajstić information content (AvgIpc) is 2.38. The number of carbonyl (C=O) groups excluding carboxylic acids is 2. The van der Waals surface area contributed by atoms with Crippen molar-refractivity contribution in [2.24, 2.45) is 0 Å². The Morgan fingerprint density at radius 2 is 2.11 bits per heavy atom. The number of methoxy groups -OCH3 is 1. The molecule has 0 unspecified atom stereocenters. The fourth-order valence-electron chi connectivity index (χ4n) is 1.46. The summed E-state index contributed by atoms with van der Waals surface area (Å²) in [6.07, 6.45) is 1.59. The highest BCUT2D eigenvalue weighted by molar-refractivity contribution is 5.94. The summed E-state index contributed by atoms with van der Waals surface area (Å²) in [5.74, 6) is -0.572. The van der Waals surface area contributed by atoms with Gasteiger partial charge in [0.2, 0.25) is 5.91 Å². The first-order valence-electron chi connectivity index (χ1n) is 5.76. The van der Waals surface area contributed by atoms with Crippen molar-refractivity contribution < 1.29 is 19.4 Å². The normalized spacial score (nSPS) is 9.89. The molecule has 5 heteroatoms. The minimum atomic E-state index is -0.439. The van der Waals surface area contributed by atoms with Crippen LogP contribution in [-0.4, -0.2) is 30.7 Å². The van der Waals surface area contributed by atoms with Crippen LogP contribution in [0.1, 0.15) is 29.6 Å². The molecule has 0 aliphatic carbocycles. The van der Waals surface area contributed by atoms with Gasteiger partial charge in [-0.2, -0.15) is 0 Å². The lowest BCUT2D eigenvalue weighted by Gasteiger charge is -2.06. The van der Waals surface area contributed by atoms with Gasteiger partial charge in [-0.1, -0.05) is 6.07 Å². The van der Waals surface area contributed by atoms with Gasteiger partial charge in [0, 0.05) is 18.7 Å². The zero-order chi connectivity index (χ0) is 13.4. The molecule has 0 saturated heterocycles. The molecule has 0 saturated carbocycles. The van der Waals surface area contributed by atoms with Gasteiger partial charge >= 0.3 is 5.97 Å². The van der Waals surface area contributed by atoms with Gasteiger partial charge < -0.3 is 15.2 Å². The van der Waals surface area contributed by atoms with Crippen molar-refractivity contribution in [3.63, 3.8) is 0 Å². The molecule has 0 aromatic heterocycles. The minimum Gasteiger partial charge on any atom is -0.465 e. The van der Waals surface area contributed by atoms with E-state index < -0.39 is 5.97 Å². The Kier molecular flexibility index (Phi) is 5.87. The summed E-state index contributed by atoms with van der Waals surface area (Å²) in [5, 5.41) is 11.3. The van der Waals surface area contributed by atoms with E-state index in [9.17, 15) is 9.59 Å². The maximum absolute atomic E-state index is 11.5. The lowest BCUT2D eigenvalue weighted by Crippen LogP contribution is -2.12. The Balaban J connectivity index is 2.56. The monoisotopic (exact) mass is 251 g/mol. The maximum atomic E-state index is 11.5. The van der Waals surface area contributed by atoms with Crippen LogP contribution in [0.5, 0.6) is 0 Å². The second-order valence-electron chi connectivity index (χ2n) is 3.80. The summed E-state index contributed by atoms with van der Waals surface area (Å²) < 4.78 is 4.60. The van der Waals surface area contributed by atoms with Crippen LogP contribution in [0.25, 0.3) is 0 Å². The molecule has 0 aliphatic heterocycles. The fraction of sp³-hybridized carbons (Fsp3) is 0.385. The molecule has 0 heterocycles. The Labute approximate surface area is 106 Å². The van der Waals surface area contributed by atoms with Gasteiger partial charge in [0.05, 0.1) is 12.7 Å². The van der Waals surface area contributed by atoms with Crippen molar-refractivity contribution in [3.8, 4) is 0 Å². The molecule has 1 aromatic carbocycles. The minimum absolute atomic E-state index is 0.0884. The first-order chi connectivity index (χ1) is 8.67. The number of amides is 1. The highest BCUT2D eigenvalue weighted by Gasteiger charge is 2.07. The largest absolute Gasteiger partial charge is 0.465 e. The number of aliphatic hydroxyl groups is 1.